The Morgan fingerprint density at radius 1 is 1.22 bits per heavy atom. The van der Waals surface area contributed by atoms with Crippen molar-refractivity contribution in [1.29, 1.82) is 5.26 Å². The van der Waals surface area contributed by atoms with Crippen LogP contribution in [0.5, 0.6) is 0 Å². The van der Waals surface area contributed by atoms with Gasteiger partial charge < -0.3 is 0 Å². The standard InChI is InChI=1S/C14H21NO2S/c15-8-3-1-2-7-14(16)11-9-12-5-4-6-13(10-11)18(12)17/h11-13H,1-7,9-10H2. The number of carbonyl (C=O) groups excluding carboxylic acids is 1. The number of ketones is 1. The summed E-state index contributed by atoms with van der Waals surface area (Å²) in [6.07, 6.45) is 7.79. The lowest BCUT2D eigenvalue weighted by Gasteiger charge is -2.37. The van der Waals surface area contributed by atoms with Crippen LogP contribution in [0.4, 0.5) is 0 Å². The third-order valence-corrected chi connectivity index (χ3v) is 6.39. The van der Waals surface area contributed by atoms with Gasteiger partial charge in [-0.1, -0.05) is 6.42 Å². The van der Waals surface area contributed by atoms with Gasteiger partial charge in [0.1, 0.15) is 5.78 Å². The minimum absolute atomic E-state index is 0.153. The topological polar surface area (TPSA) is 57.9 Å². The van der Waals surface area contributed by atoms with Gasteiger partial charge in [0.2, 0.25) is 0 Å². The molecule has 2 atom stereocenters. The Bertz CT molecular complexity index is 358. The van der Waals surface area contributed by atoms with Crippen LogP contribution in [0.15, 0.2) is 0 Å². The molecule has 2 bridgehead atoms. The van der Waals surface area contributed by atoms with E-state index in [2.05, 4.69) is 6.07 Å². The largest absolute Gasteiger partial charge is 0.299 e. The van der Waals surface area contributed by atoms with Gasteiger partial charge in [-0.05, 0) is 38.5 Å². The van der Waals surface area contributed by atoms with Crippen LogP contribution in [0.25, 0.3) is 0 Å². The van der Waals surface area contributed by atoms with Crippen LogP contribution in [0.3, 0.4) is 0 Å². The monoisotopic (exact) mass is 267 g/mol. The average Bonchev–Trinajstić information content (AvgIpc) is 2.34. The Balaban J connectivity index is 1.81. The van der Waals surface area contributed by atoms with Gasteiger partial charge in [0, 0.05) is 40.1 Å². The summed E-state index contributed by atoms with van der Waals surface area (Å²) in [4.78, 5) is 12.1. The van der Waals surface area contributed by atoms with Crippen LogP contribution in [-0.2, 0) is 15.6 Å². The van der Waals surface area contributed by atoms with Gasteiger partial charge in [-0.15, -0.1) is 0 Å². The van der Waals surface area contributed by atoms with Crippen molar-refractivity contribution >= 4 is 16.6 Å². The zero-order valence-corrected chi connectivity index (χ0v) is 11.6. The first-order valence-corrected chi connectivity index (χ1v) is 8.29. The van der Waals surface area contributed by atoms with E-state index < -0.39 is 10.8 Å². The molecule has 0 amide bonds. The molecule has 2 fully saturated rings. The molecule has 2 aliphatic heterocycles. The summed E-state index contributed by atoms with van der Waals surface area (Å²) in [5.74, 6) is 0.502. The van der Waals surface area contributed by atoms with Crippen molar-refractivity contribution in [1.82, 2.24) is 0 Å². The number of rotatable bonds is 5. The van der Waals surface area contributed by atoms with Gasteiger partial charge in [-0.25, -0.2) is 0 Å². The summed E-state index contributed by atoms with van der Waals surface area (Å²) < 4.78 is 12.0. The molecule has 0 radical (unpaired) electrons. The zero-order chi connectivity index (χ0) is 13.0. The number of nitriles is 1. The van der Waals surface area contributed by atoms with Gasteiger partial charge in [-0.3, -0.25) is 9.00 Å². The number of hydrogen-bond donors (Lipinski definition) is 0. The Morgan fingerprint density at radius 2 is 1.89 bits per heavy atom. The van der Waals surface area contributed by atoms with Gasteiger partial charge in [0.15, 0.2) is 0 Å². The van der Waals surface area contributed by atoms with E-state index in [9.17, 15) is 9.00 Å². The quantitative estimate of drug-likeness (QED) is 0.720. The molecule has 2 aliphatic rings. The highest BCUT2D eigenvalue weighted by Crippen LogP contribution is 2.37. The Labute approximate surface area is 111 Å². The van der Waals surface area contributed by atoms with E-state index in [4.69, 9.17) is 5.26 Å². The fraction of sp³-hybridized carbons (Fsp3) is 0.857. The SMILES string of the molecule is N#CCCCCC(=O)C1CC2CCCC(C1)S2=O. The third kappa shape index (κ3) is 3.20. The van der Waals surface area contributed by atoms with Gasteiger partial charge in [-0.2, -0.15) is 5.26 Å². The fourth-order valence-electron chi connectivity index (χ4n) is 3.20. The summed E-state index contributed by atoms with van der Waals surface area (Å²) in [6, 6.07) is 2.11. The number of fused-ring (bicyclic) bond motifs is 2. The van der Waals surface area contributed by atoms with Gasteiger partial charge in [0.25, 0.3) is 0 Å². The van der Waals surface area contributed by atoms with E-state index in [1.807, 2.05) is 0 Å². The first-order chi connectivity index (χ1) is 8.72. The minimum Gasteiger partial charge on any atom is -0.299 e. The number of Topliss-reactive ketones (excluding diaryl/α,β-unsaturated/α-hetero) is 1. The summed E-state index contributed by atoms with van der Waals surface area (Å²) in [6.45, 7) is 0. The normalized spacial score (nSPS) is 34.8. The first-order valence-electron chi connectivity index (χ1n) is 7.01. The molecule has 2 saturated heterocycles. The van der Waals surface area contributed by atoms with E-state index in [1.165, 1.54) is 6.42 Å². The molecule has 0 spiro atoms. The van der Waals surface area contributed by atoms with E-state index in [0.29, 0.717) is 18.6 Å². The molecule has 0 aromatic heterocycles. The maximum Gasteiger partial charge on any atom is 0.136 e. The predicted octanol–water partition coefficient (Wildman–Crippen LogP) is 2.72. The lowest BCUT2D eigenvalue weighted by Crippen LogP contribution is -2.41. The molecule has 100 valence electrons. The summed E-state index contributed by atoms with van der Waals surface area (Å²) in [5, 5.41) is 9.02. The molecular weight excluding hydrogens is 246 g/mol. The average molecular weight is 267 g/mol. The van der Waals surface area contributed by atoms with E-state index in [0.717, 1.165) is 38.5 Å². The molecule has 18 heavy (non-hydrogen) atoms. The highest BCUT2D eigenvalue weighted by atomic mass is 32.2. The van der Waals surface area contributed by atoms with Crippen molar-refractivity contribution in [3.63, 3.8) is 0 Å². The number of nitrogens with zero attached hydrogens (tertiary/aromatic N) is 1. The Kier molecular flexibility index (Phi) is 4.94. The summed E-state index contributed by atoms with van der Waals surface area (Å²) in [5.41, 5.74) is 0. The van der Waals surface area contributed by atoms with Crippen LogP contribution in [0, 0.1) is 17.2 Å². The summed E-state index contributed by atoms with van der Waals surface area (Å²) >= 11 is 0. The molecule has 0 aliphatic carbocycles. The van der Waals surface area contributed by atoms with E-state index in [1.54, 1.807) is 0 Å². The van der Waals surface area contributed by atoms with Crippen molar-refractivity contribution in [3.8, 4) is 6.07 Å². The molecule has 2 heterocycles. The van der Waals surface area contributed by atoms with Gasteiger partial charge in [0.05, 0.1) is 6.07 Å². The minimum atomic E-state index is -0.677. The Hall–Kier alpha value is -0.690. The smallest absolute Gasteiger partial charge is 0.136 e. The fourth-order valence-corrected chi connectivity index (χ4v) is 5.39. The molecule has 2 rings (SSSR count). The third-order valence-electron chi connectivity index (χ3n) is 4.22. The maximum atomic E-state index is 12.1. The zero-order valence-electron chi connectivity index (χ0n) is 10.8. The van der Waals surface area contributed by atoms with E-state index >= 15 is 0 Å². The van der Waals surface area contributed by atoms with Gasteiger partial charge >= 0.3 is 0 Å². The highest BCUT2D eigenvalue weighted by molar-refractivity contribution is 7.86. The molecule has 0 aromatic carbocycles. The number of hydrogen-bond acceptors (Lipinski definition) is 3. The Morgan fingerprint density at radius 3 is 2.50 bits per heavy atom. The van der Waals surface area contributed by atoms with Crippen molar-refractivity contribution in [3.05, 3.63) is 0 Å². The van der Waals surface area contributed by atoms with Crippen molar-refractivity contribution < 1.29 is 9.00 Å². The number of unbranched alkanes of at least 4 members (excludes halogenated alkanes) is 2. The lowest BCUT2D eigenvalue weighted by atomic mass is 9.85. The molecule has 4 heteroatoms. The second kappa shape index (κ2) is 6.47. The van der Waals surface area contributed by atoms with Crippen LogP contribution >= 0.6 is 0 Å². The molecule has 0 N–H and O–H groups in total. The van der Waals surface area contributed by atoms with Crippen LogP contribution < -0.4 is 0 Å². The number of carbonyl (C=O) groups is 1. The second-order valence-corrected chi connectivity index (χ2v) is 7.49. The molecular formula is C14H21NO2S. The van der Waals surface area contributed by atoms with Crippen molar-refractivity contribution in [2.75, 3.05) is 0 Å². The predicted molar refractivity (Wildman–Crippen MR) is 71.4 cm³/mol. The van der Waals surface area contributed by atoms with Crippen LogP contribution in [0.1, 0.15) is 57.8 Å². The van der Waals surface area contributed by atoms with Crippen LogP contribution in [-0.4, -0.2) is 20.5 Å². The highest BCUT2D eigenvalue weighted by Gasteiger charge is 2.39. The molecule has 0 saturated carbocycles. The molecule has 2 unspecified atom stereocenters. The maximum absolute atomic E-state index is 12.1. The van der Waals surface area contributed by atoms with Crippen LogP contribution in [0.2, 0.25) is 0 Å². The van der Waals surface area contributed by atoms with E-state index in [-0.39, 0.29) is 16.4 Å². The van der Waals surface area contributed by atoms with Crippen molar-refractivity contribution in [2.24, 2.45) is 5.92 Å². The molecule has 0 aromatic rings. The second-order valence-electron chi connectivity index (χ2n) is 5.50. The first kappa shape index (κ1) is 13.7. The van der Waals surface area contributed by atoms with Crippen molar-refractivity contribution in [2.45, 2.75) is 68.3 Å². The lowest BCUT2D eigenvalue weighted by molar-refractivity contribution is -0.123. The summed E-state index contributed by atoms with van der Waals surface area (Å²) in [7, 11) is -0.677. The molecule has 3 nitrogen and oxygen atoms in total.